The summed E-state index contributed by atoms with van der Waals surface area (Å²) >= 11 is 7.44. The van der Waals surface area contributed by atoms with Crippen LogP contribution in [0.3, 0.4) is 0 Å². The Bertz CT molecular complexity index is 1300. The minimum absolute atomic E-state index is 0.267. The summed E-state index contributed by atoms with van der Waals surface area (Å²) in [5.74, 6) is 1.32. The fourth-order valence-corrected chi connectivity index (χ4v) is 4.00. The number of aryl methyl sites for hydroxylation is 1. The molecule has 0 atom stereocenters. The van der Waals surface area contributed by atoms with E-state index in [0.717, 1.165) is 10.1 Å². The van der Waals surface area contributed by atoms with Gasteiger partial charge in [-0.25, -0.2) is 14.8 Å². The first-order valence-electron chi connectivity index (χ1n) is 8.34. The third-order valence-corrected chi connectivity index (χ3v) is 5.55. The molecule has 0 amide bonds. The number of furan rings is 1. The summed E-state index contributed by atoms with van der Waals surface area (Å²) in [5.41, 5.74) is 0.374. The third kappa shape index (κ3) is 3.25. The standard InChI is InChI=1S/C19H15ClN4O3S/c1-23-16-14(18(25)24(2)19(23)26)17(22-15(21-16)13-7-4-8-27-13)28-10-11-5-3-6-12(20)9-11/h3-9H,10H2,1-2H3. The van der Waals surface area contributed by atoms with E-state index in [-0.39, 0.29) is 5.65 Å². The zero-order valence-corrected chi connectivity index (χ0v) is 16.6. The molecule has 0 spiro atoms. The quantitative estimate of drug-likeness (QED) is 0.376. The molecule has 0 radical (unpaired) electrons. The molecule has 0 aliphatic rings. The van der Waals surface area contributed by atoms with Gasteiger partial charge in [0.05, 0.1) is 6.26 Å². The molecule has 142 valence electrons. The van der Waals surface area contributed by atoms with Crippen LogP contribution in [0.4, 0.5) is 0 Å². The van der Waals surface area contributed by atoms with E-state index < -0.39 is 11.2 Å². The van der Waals surface area contributed by atoms with Crippen LogP contribution in [0.2, 0.25) is 5.02 Å². The summed E-state index contributed by atoms with van der Waals surface area (Å²) in [6.45, 7) is 0. The van der Waals surface area contributed by atoms with Crippen molar-refractivity contribution in [2.75, 3.05) is 0 Å². The van der Waals surface area contributed by atoms with Gasteiger partial charge in [-0.15, -0.1) is 11.8 Å². The predicted molar refractivity (Wildman–Crippen MR) is 109 cm³/mol. The van der Waals surface area contributed by atoms with E-state index in [1.165, 1.54) is 29.6 Å². The molecule has 1 aromatic carbocycles. The van der Waals surface area contributed by atoms with Crippen molar-refractivity contribution in [1.29, 1.82) is 0 Å². The van der Waals surface area contributed by atoms with Crippen molar-refractivity contribution in [1.82, 2.24) is 19.1 Å². The fraction of sp³-hybridized carbons (Fsp3) is 0.158. The van der Waals surface area contributed by atoms with Gasteiger partial charge in [0.2, 0.25) is 0 Å². The van der Waals surface area contributed by atoms with Crippen LogP contribution in [0.15, 0.2) is 61.7 Å². The molecule has 4 aromatic rings. The summed E-state index contributed by atoms with van der Waals surface area (Å²) in [6.07, 6.45) is 1.52. The number of thioether (sulfide) groups is 1. The SMILES string of the molecule is Cn1c(=O)c2c(SCc3cccc(Cl)c3)nc(-c3ccco3)nc2n(C)c1=O. The lowest BCUT2D eigenvalue weighted by molar-refractivity contribution is 0.576. The Morgan fingerprint density at radius 1 is 1.11 bits per heavy atom. The second-order valence-electron chi connectivity index (χ2n) is 6.15. The highest BCUT2D eigenvalue weighted by atomic mass is 35.5. The van der Waals surface area contributed by atoms with Gasteiger partial charge in [-0.1, -0.05) is 23.7 Å². The molecule has 28 heavy (non-hydrogen) atoms. The monoisotopic (exact) mass is 414 g/mol. The predicted octanol–water partition coefficient (Wildman–Crippen LogP) is 3.23. The van der Waals surface area contributed by atoms with Crippen LogP contribution in [0, 0.1) is 0 Å². The highest BCUT2D eigenvalue weighted by Crippen LogP contribution is 2.29. The molecule has 0 fully saturated rings. The van der Waals surface area contributed by atoms with Gasteiger partial charge in [-0.3, -0.25) is 13.9 Å². The normalized spacial score (nSPS) is 11.2. The van der Waals surface area contributed by atoms with Gasteiger partial charge < -0.3 is 4.42 Å². The number of fused-ring (bicyclic) bond motifs is 1. The van der Waals surface area contributed by atoms with Crippen LogP contribution in [0.25, 0.3) is 22.6 Å². The second kappa shape index (κ2) is 7.29. The van der Waals surface area contributed by atoms with Crippen LogP contribution < -0.4 is 11.2 Å². The number of nitrogens with zero attached hydrogens (tertiary/aromatic N) is 4. The Balaban J connectivity index is 1.92. The molecule has 0 aliphatic heterocycles. The van der Waals surface area contributed by atoms with Crippen molar-refractivity contribution >= 4 is 34.4 Å². The van der Waals surface area contributed by atoms with Crippen molar-refractivity contribution in [3.63, 3.8) is 0 Å². The molecule has 0 aliphatic carbocycles. The molecule has 7 nitrogen and oxygen atoms in total. The van der Waals surface area contributed by atoms with Gasteiger partial charge in [-0.2, -0.15) is 0 Å². The minimum Gasteiger partial charge on any atom is -0.461 e. The molecule has 0 N–H and O–H groups in total. The highest BCUT2D eigenvalue weighted by molar-refractivity contribution is 7.98. The van der Waals surface area contributed by atoms with Gasteiger partial charge in [0.15, 0.2) is 17.2 Å². The molecule has 3 aromatic heterocycles. The van der Waals surface area contributed by atoms with Gasteiger partial charge in [-0.05, 0) is 29.8 Å². The maximum absolute atomic E-state index is 12.8. The molecule has 0 bridgehead atoms. The van der Waals surface area contributed by atoms with Crippen molar-refractivity contribution in [2.24, 2.45) is 14.1 Å². The maximum Gasteiger partial charge on any atom is 0.332 e. The largest absolute Gasteiger partial charge is 0.461 e. The lowest BCUT2D eigenvalue weighted by Gasteiger charge is -2.11. The summed E-state index contributed by atoms with van der Waals surface area (Å²) < 4.78 is 7.80. The Morgan fingerprint density at radius 2 is 1.93 bits per heavy atom. The average molecular weight is 415 g/mol. The van der Waals surface area contributed by atoms with Crippen molar-refractivity contribution in [3.8, 4) is 11.6 Å². The molecule has 4 rings (SSSR count). The number of halogens is 1. The van der Waals surface area contributed by atoms with Gasteiger partial charge in [0, 0.05) is 24.9 Å². The van der Waals surface area contributed by atoms with Gasteiger partial charge in [0.1, 0.15) is 10.4 Å². The Hall–Kier alpha value is -2.84. The first kappa shape index (κ1) is 18.5. The van der Waals surface area contributed by atoms with Gasteiger partial charge >= 0.3 is 5.69 Å². The topological polar surface area (TPSA) is 82.9 Å². The summed E-state index contributed by atoms with van der Waals surface area (Å²) in [7, 11) is 3.02. The highest BCUT2D eigenvalue weighted by Gasteiger charge is 2.19. The molecule has 9 heteroatoms. The van der Waals surface area contributed by atoms with Crippen molar-refractivity contribution in [2.45, 2.75) is 10.8 Å². The average Bonchev–Trinajstić information content (AvgIpc) is 3.23. The molecular formula is C19H15ClN4O3S. The van der Waals surface area contributed by atoms with E-state index in [1.54, 1.807) is 25.2 Å². The van der Waals surface area contributed by atoms with E-state index >= 15 is 0 Å². The van der Waals surface area contributed by atoms with Crippen LogP contribution in [-0.4, -0.2) is 19.1 Å². The zero-order valence-electron chi connectivity index (χ0n) is 15.0. The molecule has 0 saturated carbocycles. The van der Waals surface area contributed by atoms with E-state index in [0.29, 0.717) is 32.8 Å². The van der Waals surface area contributed by atoms with E-state index in [9.17, 15) is 9.59 Å². The van der Waals surface area contributed by atoms with E-state index in [2.05, 4.69) is 9.97 Å². The molecule has 0 unspecified atom stereocenters. The van der Waals surface area contributed by atoms with Crippen LogP contribution in [-0.2, 0) is 19.8 Å². The maximum atomic E-state index is 12.8. The summed E-state index contributed by atoms with van der Waals surface area (Å²) in [4.78, 5) is 34.1. The number of rotatable bonds is 4. The van der Waals surface area contributed by atoms with E-state index in [4.69, 9.17) is 16.0 Å². The van der Waals surface area contributed by atoms with Crippen molar-refractivity contribution < 1.29 is 4.42 Å². The Kier molecular flexibility index (Phi) is 4.82. The first-order valence-corrected chi connectivity index (χ1v) is 9.71. The number of hydrogen-bond donors (Lipinski definition) is 0. The summed E-state index contributed by atoms with van der Waals surface area (Å²) in [5, 5.41) is 1.42. The van der Waals surface area contributed by atoms with Crippen LogP contribution >= 0.6 is 23.4 Å². The van der Waals surface area contributed by atoms with Crippen LogP contribution in [0.1, 0.15) is 5.56 Å². The molecular weight excluding hydrogens is 400 g/mol. The lowest BCUT2D eigenvalue weighted by Crippen LogP contribution is -2.37. The number of hydrogen-bond acceptors (Lipinski definition) is 6. The molecule has 3 heterocycles. The van der Waals surface area contributed by atoms with Gasteiger partial charge in [0.25, 0.3) is 5.56 Å². The number of benzene rings is 1. The first-order chi connectivity index (χ1) is 13.5. The zero-order chi connectivity index (χ0) is 19.8. The fourth-order valence-electron chi connectivity index (χ4n) is 2.83. The number of aromatic nitrogens is 4. The minimum atomic E-state index is -0.451. The van der Waals surface area contributed by atoms with E-state index in [1.807, 2.05) is 18.2 Å². The van der Waals surface area contributed by atoms with Crippen LogP contribution in [0.5, 0.6) is 0 Å². The van der Waals surface area contributed by atoms with Crippen molar-refractivity contribution in [3.05, 3.63) is 74.1 Å². The Labute approximate surface area is 168 Å². The third-order valence-electron chi connectivity index (χ3n) is 4.27. The lowest BCUT2D eigenvalue weighted by atomic mass is 10.2. The Morgan fingerprint density at radius 3 is 2.64 bits per heavy atom. The smallest absolute Gasteiger partial charge is 0.332 e. The summed E-state index contributed by atoms with van der Waals surface area (Å²) in [6, 6.07) is 10.9. The second-order valence-corrected chi connectivity index (χ2v) is 7.55. The molecule has 0 saturated heterocycles.